The van der Waals surface area contributed by atoms with Gasteiger partial charge in [-0.3, -0.25) is 4.79 Å². The van der Waals surface area contributed by atoms with E-state index in [2.05, 4.69) is 5.32 Å². The molecule has 0 aromatic rings. The van der Waals surface area contributed by atoms with Crippen molar-refractivity contribution in [2.75, 3.05) is 13.1 Å². The van der Waals surface area contributed by atoms with E-state index in [0.29, 0.717) is 6.54 Å². The summed E-state index contributed by atoms with van der Waals surface area (Å²) in [6, 6.07) is 0. The van der Waals surface area contributed by atoms with Gasteiger partial charge in [0, 0.05) is 13.1 Å². The third-order valence-electron chi connectivity index (χ3n) is 3.03. The second kappa shape index (κ2) is 4.09. The van der Waals surface area contributed by atoms with Gasteiger partial charge in [-0.2, -0.15) is 0 Å². The number of hydrogen-bond donors (Lipinski definition) is 2. The Hall–Kier alpha value is -0.570. The molecule has 1 fully saturated rings. The molecule has 0 spiro atoms. The first-order valence-corrected chi connectivity index (χ1v) is 5.10. The van der Waals surface area contributed by atoms with Gasteiger partial charge in [-0.15, -0.1) is 0 Å². The van der Waals surface area contributed by atoms with Gasteiger partial charge in [0.05, 0.1) is 5.41 Å². The van der Waals surface area contributed by atoms with Gasteiger partial charge in [0.25, 0.3) is 0 Å². The molecule has 1 unspecified atom stereocenters. The van der Waals surface area contributed by atoms with E-state index in [4.69, 9.17) is 5.73 Å². The Morgan fingerprint density at radius 3 is 2.62 bits per heavy atom. The second-order valence-corrected chi connectivity index (χ2v) is 4.27. The SMILES string of the molecule is CCC(C)(CN)C(=O)NCC1CC1. The molecule has 13 heavy (non-hydrogen) atoms. The minimum Gasteiger partial charge on any atom is -0.355 e. The van der Waals surface area contributed by atoms with Crippen LogP contribution in [0.5, 0.6) is 0 Å². The molecule has 76 valence electrons. The highest BCUT2D eigenvalue weighted by molar-refractivity contribution is 5.82. The van der Waals surface area contributed by atoms with Crippen LogP contribution in [0.2, 0.25) is 0 Å². The van der Waals surface area contributed by atoms with E-state index in [1.807, 2.05) is 13.8 Å². The Balaban J connectivity index is 2.33. The number of amides is 1. The largest absolute Gasteiger partial charge is 0.355 e. The fourth-order valence-corrected chi connectivity index (χ4v) is 1.17. The van der Waals surface area contributed by atoms with Crippen LogP contribution >= 0.6 is 0 Å². The minimum atomic E-state index is -0.366. The molecule has 1 aliphatic carbocycles. The number of nitrogens with one attached hydrogen (secondary N) is 1. The topological polar surface area (TPSA) is 55.1 Å². The van der Waals surface area contributed by atoms with E-state index in [1.165, 1.54) is 12.8 Å². The average Bonchev–Trinajstić information content (AvgIpc) is 2.96. The maximum atomic E-state index is 11.7. The summed E-state index contributed by atoms with van der Waals surface area (Å²) in [5.41, 5.74) is 5.21. The molecule has 1 aliphatic rings. The third kappa shape index (κ3) is 2.69. The van der Waals surface area contributed by atoms with Gasteiger partial charge in [-0.1, -0.05) is 6.92 Å². The molecular formula is C10H20N2O. The van der Waals surface area contributed by atoms with Crippen molar-refractivity contribution in [2.24, 2.45) is 17.1 Å². The maximum Gasteiger partial charge on any atom is 0.227 e. The van der Waals surface area contributed by atoms with Crippen LogP contribution in [-0.2, 0) is 4.79 Å². The molecule has 0 heterocycles. The first kappa shape index (κ1) is 10.5. The Labute approximate surface area is 80.1 Å². The van der Waals surface area contributed by atoms with E-state index in [0.717, 1.165) is 18.9 Å². The summed E-state index contributed by atoms with van der Waals surface area (Å²) in [5, 5.41) is 2.97. The zero-order valence-electron chi connectivity index (χ0n) is 8.60. The summed E-state index contributed by atoms with van der Waals surface area (Å²) in [4.78, 5) is 11.7. The number of nitrogens with two attached hydrogens (primary N) is 1. The van der Waals surface area contributed by atoms with Crippen LogP contribution in [0.25, 0.3) is 0 Å². The Morgan fingerprint density at radius 1 is 1.62 bits per heavy atom. The Kier molecular flexibility index (Phi) is 3.31. The minimum absolute atomic E-state index is 0.115. The number of carbonyl (C=O) groups is 1. The quantitative estimate of drug-likeness (QED) is 0.666. The van der Waals surface area contributed by atoms with E-state index in [1.54, 1.807) is 0 Å². The van der Waals surface area contributed by atoms with Gasteiger partial charge in [-0.25, -0.2) is 0 Å². The molecule has 1 amide bonds. The zero-order chi connectivity index (χ0) is 9.90. The van der Waals surface area contributed by atoms with Crippen molar-refractivity contribution in [3.63, 3.8) is 0 Å². The van der Waals surface area contributed by atoms with Crippen LogP contribution in [-0.4, -0.2) is 19.0 Å². The molecule has 1 rings (SSSR count). The summed E-state index contributed by atoms with van der Waals surface area (Å²) in [5.74, 6) is 0.854. The Morgan fingerprint density at radius 2 is 2.23 bits per heavy atom. The molecule has 3 N–H and O–H groups in total. The van der Waals surface area contributed by atoms with Crippen LogP contribution in [0.15, 0.2) is 0 Å². The van der Waals surface area contributed by atoms with E-state index in [-0.39, 0.29) is 11.3 Å². The van der Waals surface area contributed by atoms with Gasteiger partial charge in [-0.05, 0) is 32.1 Å². The molecule has 0 radical (unpaired) electrons. The van der Waals surface area contributed by atoms with Gasteiger partial charge < -0.3 is 11.1 Å². The van der Waals surface area contributed by atoms with E-state index < -0.39 is 0 Å². The molecule has 1 atom stereocenters. The summed E-state index contributed by atoms with van der Waals surface area (Å²) < 4.78 is 0. The van der Waals surface area contributed by atoms with Crippen molar-refractivity contribution < 1.29 is 4.79 Å². The summed E-state index contributed by atoms with van der Waals surface area (Å²) in [6.45, 7) is 5.20. The number of carbonyl (C=O) groups excluding carboxylic acids is 1. The molecule has 3 nitrogen and oxygen atoms in total. The van der Waals surface area contributed by atoms with Crippen LogP contribution in [0.4, 0.5) is 0 Å². The van der Waals surface area contributed by atoms with E-state index in [9.17, 15) is 4.79 Å². The highest BCUT2D eigenvalue weighted by atomic mass is 16.2. The highest BCUT2D eigenvalue weighted by Gasteiger charge is 2.31. The predicted molar refractivity (Wildman–Crippen MR) is 53.2 cm³/mol. The lowest BCUT2D eigenvalue weighted by Gasteiger charge is -2.24. The van der Waals surface area contributed by atoms with Crippen molar-refractivity contribution in [1.82, 2.24) is 5.32 Å². The van der Waals surface area contributed by atoms with Gasteiger partial charge in [0.1, 0.15) is 0 Å². The van der Waals surface area contributed by atoms with Crippen molar-refractivity contribution in [3.05, 3.63) is 0 Å². The molecule has 0 aromatic heterocycles. The van der Waals surface area contributed by atoms with Gasteiger partial charge >= 0.3 is 0 Å². The number of rotatable bonds is 5. The van der Waals surface area contributed by atoms with E-state index >= 15 is 0 Å². The molecule has 0 aliphatic heterocycles. The van der Waals surface area contributed by atoms with Gasteiger partial charge in [0.2, 0.25) is 5.91 Å². The van der Waals surface area contributed by atoms with Crippen LogP contribution in [0.1, 0.15) is 33.1 Å². The lowest BCUT2D eigenvalue weighted by Crippen LogP contribution is -2.44. The zero-order valence-corrected chi connectivity index (χ0v) is 8.60. The summed E-state index contributed by atoms with van der Waals surface area (Å²) >= 11 is 0. The van der Waals surface area contributed by atoms with Gasteiger partial charge in [0.15, 0.2) is 0 Å². The smallest absolute Gasteiger partial charge is 0.227 e. The maximum absolute atomic E-state index is 11.7. The molecule has 1 saturated carbocycles. The third-order valence-corrected chi connectivity index (χ3v) is 3.03. The molecule has 0 aromatic carbocycles. The molecule has 0 saturated heterocycles. The fourth-order valence-electron chi connectivity index (χ4n) is 1.17. The first-order chi connectivity index (χ1) is 6.12. The van der Waals surface area contributed by atoms with Crippen LogP contribution < -0.4 is 11.1 Å². The summed E-state index contributed by atoms with van der Waals surface area (Å²) in [7, 11) is 0. The normalized spacial score (nSPS) is 20.8. The average molecular weight is 184 g/mol. The number of hydrogen-bond acceptors (Lipinski definition) is 2. The highest BCUT2D eigenvalue weighted by Crippen LogP contribution is 2.28. The van der Waals surface area contributed by atoms with Crippen molar-refractivity contribution in [1.29, 1.82) is 0 Å². The van der Waals surface area contributed by atoms with Crippen molar-refractivity contribution in [2.45, 2.75) is 33.1 Å². The van der Waals surface area contributed by atoms with Crippen LogP contribution in [0, 0.1) is 11.3 Å². The molecule has 0 bridgehead atoms. The lowest BCUT2D eigenvalue weighted by atomic mass is 9.86. The molecule has 3 heteroatoms. The lowest BCUT2D eigenvalue weighted by molar-refractivity contribution is -0.129. The monoisotopic (exact) mass is 184 g/mol. The van der Waals surface area contributed by atoms with Crippen LogP contribution in [0.3, 0.4) is 0 Å². The second-order valence-electron chi connectivity index (χ2n) is 4.27. The standard InChI is InChI=1S/C10H20N2O/c1-3-10(2,7-11)9(13)12-6-8-4-5-8/h8H,3-7,11H2,1-2H3,(H,12,13). The fraction of sp³-hybridized carbons (Fsp3) is 0.900. The first-order valence-electron chi connectivity index (χ1n) is 5.10. The predicted octanol–water partition coefficient (Wildman–Crippen LogP) is 0.888. The molecular weight excluding hydrogens is 164 g/mol. The van der Waals surface area contributed by atoms with Crippen molar-refractivity contribution >= 4 is 5.91 Å². The van der Waals surface area contributed by atoms with Crippen molar-refractivity contribution in [3.8, 4) is 0 Å². The Bertz CT molecular complexity index is 183. The summed E-state index contributed by atoms with van der Waals surface area (Å²) in [6.07, 6.45) is 3.34.